The predicted molar refractivity (Wildman–Crippen MR) is 112 cm³/mol. The van der Waals surface area contributed by atoms with Gasteiger partial charge in [0.05, 0.1) is 17.7 Å². The largest absolute Gasteiger partial charge is 0.497 e. The van der Waals surface area contributed by atoms with Gasteiger partial charge in [0.2, 0.25) is 5.16 Å². The molecular formula is C18H17N5O2S3. The van der Waals surface area contributed by atoms with Crippen molar-refractivity contribution in [3.63, 3.8) is 0 Å². The van der Waals surface area contributed by atoms with E-state index in [0.717, 1.165) is 16.5 Å². The second-order valence-corrected chi connectivity index (χ2v) is 8.39. The molecule has 0 radical (unpaired) electrons. The SMILES string of the molecule is COc1cccc(OCc2nnc(SCc3csc(-c4cccs4)n3)n2N)c1. The van der Waals surface area contributed by atoms with Gasteiger partial charge in [-0.25, -0.2) is 9.66 Å². The van der Waals surface area contributed by atoms with Crippen LogP contribution in [0.25, 0.3) is 9.88 Å². The number of rotatable bonds is 8. The first-order valence-electron chi connectivity index (χ1n) is 8.30. The fraction of sp³-hybridized carbons (Fsp3) is 0.167. The number of nitrogens with zero attached hydrogens (tertiary/aromatic N) is 4. The maximum Gasteiger partial charge on any atom is 0.210 e. The van der Waals surface area contributed by atoms with Crippen LogP contribution in [0, 0.1) is 0 Å². The third-order valence-electron chi connectivity index (χ3n) is 3.78. The van der Waals surface area contributed by atoms with E-state index in [0.29, 0.717) is 22.5 Å². The van der Waals surface area contributed by atoms with Gasteiger partial charge in [0.1, 0.15) is 23.1 Å². The van der Waals surface area contributed by atoms with E-state index in [4.69, 9.17) is 15.3 Å². The van der Waals surface area contributed by atoms with E-state index >= 15 is 0 Å². The number of thiophene rings is 1. The average molecular weight is 432 g/mol. The number of aromatic nitrogens is 4. The lowest BCUT2D eigenvalue weighted by atomic mass is 10.3. The molecule has 0 saturated carbocycles. The van der Waals surface area contributed by atoms with Crippen LogP contribution in [0.5, 0.6) is 11.5 Å². The molecule has 0 aliphatic heterocycles. The summed E-state index contributed by atoms with van der Waals surface area (Å²) in [5.74, 6) is 8.75. The molecular weight excluding hydrogens is 414 g/mol. The topological polar surface area (TPSA) is 88.1 Å². The Hall–Kier alpha value is -2.56. The lowest BCUT2D eigenvalue weighted by Gasteiger charge is -2.07. The van der Waals surface area contributed by atoms with Gasteiger partial charge in [0.25, 0.3) is 0 Å². The molecule has 0 aliphatic rings. The number of thioether (sulfide) groups is 1. The summed E-state index contributed by atoms with van der Waals surface area (Å²) >= 11 is 4.83. The van der Waals surface area contributed by atoms with Gasteiger partial charge in [-0.15, -0.1) is 32.9 Å². The van der Waals surface area contributed by atoms with Crippen LogP contribution >= 0.6 is 34.4 Å². The molecule has 0 spiro atoms. The van der Waals surface area contributed by atoms with E-state index in [-0.39, 0.29) is 6.61 Å². The van der Waals surface area contributed by atoms with Gasteiger partial charge in [0.15, 0.2) is 5.82 Å². The van der Waals surface area contributed by atoms with Crippen molar-refractivity contribution >= 4 is 34.4 Å². The number of hydrogen-bond donors (Lipinski definition) is 1. The molecule has 4 aromatic rings. The summed E-state index contributed by atoms with van der Waals surface area (Å²) < 4.78 is 12.4. The van der Waals surface area contributed by atoms with Crippen LogP contribution in [0.2, 0.25) is 0 Å². The van der Waals surface area contributed by atoms with Crippen molar-refractivity contribution in [3.8, 4) is 21.4 Å². The van der Waals surface area contributed by atoms with E-state index in [1.807, 2.05) is 24.3 Å². The maximum absolute atomic E-state index is 6.12. The molecule has 0 amide bonds. The number of thiazole rings is 1. The standard InChI is InChI=1S/C18H17N5O2S3/c1-24-13-4-2-5-14(8-13)25-9-16-21-22-18(23(16)19)28-11-12-10-27-17(20-12)15-6-3-7-26-15/h2-8,10H,9,11,19H2,1H3. The number of nitrogen functional groups attached to an aromatic ring is 1. The van der Waals surface area contributed by atoms with Crippen molar-refractivity contribution in [2.45, 2.75) is 17.5 Å². The summed E-state index contributed by atoms with van der Waals surface area (Å²) in [6.07, 6.45) is 0. The molecule has 3 aromatic heterocycles. The highest BCUT2D eigenvalue weighted by atomic mass is 32.2. The lowest BCUT2D eigenvalue weighted by Crippen LogP contribution is -2.15. The Morgan fingerprint density at radius 3 is 2.86 bits per heavy atom. The minimum Gasteiger partial charge on any atom is -0.497 e. The zero-order chi connectivity index (χ0) is 19.3. The maximum atomic E-state index is 6.12. The van der Waals surface area contributed by atoms with E-state index in [1.165, 1.54) is 21.3 Å². The number of hydrogen-bond acceptors (Lipinski definition) is 9. The Labute approximate surface area is 174 Å². The first-order chi connectivity index (χ1) is 13.7. The van der Waals surface area contributed by atoms with Gasteiger partial charge < -0.3 is 15.3 Å². The Balaban J connectivity index is 1.35. The van der Waals surface area contributed by atoms with Crippen LogP contribution < -0.4 is 15.3 Å². The first kappa shape index (κ1) is 18.8. The van der Waals surface area contributed by atoms with Gasteiger partial charge in [0, 0.05) is 17.2 Å². The zero-order valence-electron chi connectivity index (χ0n) is 14.9. The molecule has 3 heterocycles. The third kappa shape index (κ3) is 4.29. The smallest absolute Gasteiger partial charge is 0.210 e. The van der Waals surface area contributed by atoms with Crippen molar-refractivity contribution in [2.75, 3.05) is 13.0 Å². The van der Waals surface area contributed by atoms with Crippen molar-refractivity contribution in [2.24, 2.45) is 0 Å². The molecule has 28 heavy (non-hydrogen) atoms. The Bertz CT molecular complexity index is 1050. The minimum absolute atomic E-state index is 0.219. The molecule has 0 atom stereocenters. The number of benzene rings is 1. The van der Waals surface area contributed by atoms with Gasteiger partial charge in [-0.3, -0.25) is 0 Å². The normalized spacial score (nSPS) is 10.9. The molecule has 144 valence electrons. The second kappa shape index (κ2) is 8.63. The van der Waals surface area contributed by atoms with Crippen LogP contribution in [0.1, 0.15) is 11.5 Å². The second-order valence-electron chi connectivity index (χ2n) is 5.65. The average Bonchev–Trinajstić information content (AvgIpc) is 3.47. The minimum atomic E-state index is 0.219. The van der Waals surface area contributed by atoms with Crippen molar-refractivity contribution in [1.29, 1.82) is 0 Å². The first-order valence-corrected chi connectivity index (χ1v) is 11.0. The highest BCUT2D eigenvalue weighted by Crippen LogP contribution is 2.30. The number of methoxy groups -OCH3 is 1. The summed E-state index contributed by atoms with van der Waals surface area (Å²) in [5.41, 5.74) is 0.996. The van der Waals surface area contributed by atoms with Crippen LogP contribution in [0.4, 0.5) is 0 Å². The Morgan fingerprint density at radius 2 is 2.04 bits per heavy atom. The van der Waals surface area contributed by atoms with Gasteiger partial charge in [-0.05, 0) is 23.6 Å². The van der Waals surface area contributed by atoms with Gasteiger partial charge >= 0.3 is 0 Å². The predicted octanol–water partition coefficient (Wildman–Crippen LogP) is 4.06. The van der Waals surface area contributed by atoms with Crippen LogP contribution in [-0.4, -0.2) is 27.0 Å². The molecule has 2 N–H and O–H groups in total. The van der Waals surface area contributed by atoms with Crippen LogP contribution in [0.3, 0.4) is 0 Å². The van der Waals surface area contributed by atoms with Gasteiger partial charge in [-0.1, -0.05) is 23.9 Å². The molecule has 0 saturated heterocycles. The van der Waals surface area contributed by atoms with E-state index < -0.39 is 0 Å². The highest BCUT2D eigenvalue weighted by Gasteiger charge is 2.13. The van der Waals surface area contributed by atoms with Gasteiger partial charge in [-0.2, -0.15) is 0 Å². The molecule has 0 unspecified atom stereocenters. The van der Waals surface area contributed by atoms with Crippen LogP contribution in [0.15, 0.2) is 52.3 Å². The van der Waals surface area contributed by atoms with Crippen molar-refractivity contribution < 1.29 is 9.47 Å². The van der Waals surface area contributed by atoms with Crippen molar-refractivity contribution in [3.05, 3.63) is 58.7 Å². The number of ether oxygens (including phenoxy) is 2. The molecule has 0 aliphatic carbocycles. The molecule has 7 nitrogen and oxygen atoms in total. The number of nitrogens with two attached hydrogens (primary N) is 1. The van der Waals surface area contributed by atoms with Crippen LogP contribution in [-0.2, 0) is 12.4 Å². The lowest BCUT2D eigenvalue weighted by molar-refractivity contribution is 0.289. The molecule has 0 bridgehead atoms. The fourth-order valence-electron chi connectivity index (χ4n) is 2.37. The Kier molecular flexibility index (Phi) is 5.79. The summed E-state index contributed by atoms with van der Waals surface area (Å²) in [6.45, 7) is 0.219. The van der Waals surface area contributed by atoms with E-state index in [1.54, 1.807) is 35.8 Å². The quantitative estimate of drug-likeness (QED) is 0.332. The van der Waals surface area contributed by atoms with E-state index in [9.17, 15) is 0 Å². The fourth-order valence-corrected chi connectivity index (χ4v) is 4.88. The molecule has 0 fully saturated rings. The van der Waals surface area contributed by atoms with Crippen molar-refractivity contribution in [1.82, 2.24) is 19.9 Å². The summed E-state index contributed by atoms with van der Waals surface area (Å²) in [4.78, 5) is 5.85. The summed E-state index contributed by atoms with van der Waals surface area (Å²) in [6, 6.07) is 11.5. The molecule has 1 aromatic carbocycles. The highest BCUT2D eigenvalue weighted by molar-refractivity contribution is 7.98. The third-order valence-corrected chi connectivity index (χ3v) is 6.68. The monoisotopic (exact) mass is 431 g/mol. The molecule has 10 heteroatoms. The zero-order valence-corrected chi connectivity index (χ0v) is 17.4. The molecule has 4 rings (SSSR count). The summed E-state index contributed by atoms with van der Waals surface area (Å²) in [5, 5.41) is 14.1. The summed E-state index contributed by atoms with van der Waals surface area (Å²) in [7, 11) is 1.62. The van der Waals surface area contributed by atoms with E-state index in [2.05, 4.69) is 32.0 Å². The Morgan fingerprint density at radius 1 is 1.14 bits per heavy atom.